The molecule has 2 aromatic rings. The number of aryl methyl sites for hydroxylation is 1. The first kappa shape index (κ1) is 19.5. The highest BCUT2D eigenvalue weighted by atomic mass is 19.1. The standard InChI is InChI=1S/C21H22FN3O3/c1-4-5-10-24-20(27)18(19(26)23-21(24)28)12-15-11-13(2)25(14(15)3)17-8-6-16(22)7-9-17/h6-9,11-12H,4-5,10H2,1-3H3,(H,23,26,28)/b18-12-. The highest BCUT2D eigenvalue weighted by Gasteiger charge is 2.35. The van der Waals surface area contributed by atoms with Gasteiger partial charge in [-0.05, 0) is 62.2 Å². The van der Waals surface area contributed by atoms with Crippen LogP contribution < -0.4 is 5.32 Å². The Morgan fingerprint density at radius 2 is 1.79 bits per heavy atom. The SMILES string of the molecule is CCCCN1C(=O)NC(=O)/C(=C/c2cc(C)n(-c3ccc(F)cc3)c2C)C1=O. The monoisotopic (exact) mass is 383 g/mol. The van der Waals surface area contributed by atoms with Crippen molar-refractivity contribution in [2.45, 2.75) is 33.6 Å². The number of nitrogens with one attached hydrogen (secondary N) is 1. The minimum Gasteiger partial charge on any atom is -0.318 e. The van der Waals surface area contributed by atoms with Gasteiger partial charge in [0.25, 0.3) is 11.8 Å². The number of rotatable bonds is 5. The Bertz CT molecular complexity index is 974. The fraction of sp³-hybridized carbons (Fsp3) is 0.286. The lowest BCUT2D eigenvalue weighted by Crippen LogP contribution is -2.54. The number of aromatic nitrogens is 1. The van der Waals surface area contributed by atoms with Gasteiger partial charge in [-0.15, -0.1) is 0 Å². The molecule has 0 spiro atoms. The summed E-state index contributed by atoms with van der Waals surface area (Å²) in [6.45, 7) is 5.96. The van der Waals surface area contributed by atoms with Gasteiger partial charge in [-0.3, -0.25) is 19.8 Å². The molecule has 1 fully saturated rings. The molecule has 0 unspecified atom stereocenters. The molecule has 7 heteroatoms. The van der Waals surface area contributed by atoms with E-state index in [2.05, 4.69) is 5.32 Å². The van der Waals surface area contributed by atoms with E-state index in [4.69, 9.17) is 0 Å². The molecular formula is C21H22FN3O3. The number of benzene rings is 1. The number of hydrogen-bond donors (Lipinski definition) is 1. The van der Waals surface area contributed by atoms with Crippen LogP contribution in [-0.4, -0.2) is 33.9 Å². The number of carbonyl (C=O) groups excluding carboxylic acids is 3. The number of nitrogens with zero attached hydrogens (tertiary/aromatic N) is 2. The molecule has 146 valence electrons. The van der Waals surface area contributed by atoms with Crippen molar-refractivity contribution in [1.82, 2.24) is 14.8 Å². The van der Waals surface area contributed by atoms with E-state index in [-0.39, 0.29) is 17.9 Å². The van der Waals surface area contributed by atoms with Crippen molar-refractivity contribution in [1.29, 1.82) is 0 Å². The van der Waals surface area contributed by atoms with E-state index in [1.54, 1.807) is 12.1 Å². The Labute approximate surface area is 162 Å². The Morgan fingerprint density at radius 1 is 1.11 bits per heavy atom. The lowest BCUT2D eigenvalue weighted by Gasteiger charge is -2.26. The van der Waals surface area contributed by atoms with Crippen molar-refractivity contribution in [3.63, 3.8) is 0 Å². The minimum atomic E-state index is -0.700. The molecular weight excluding hydrogens is 361 g/mol. The second kappa shape index (κ2) is 7.80. The number of halogens is 1. The van der Waals surface area contributed by atoms with Crippen LogP contribution in [0.25, 0.3) is 11.8 Å². The van der Waals surface area contributed by atoms with Gasteiger partial charge in [0.05, 0.1) is 0 Å². The second-order valence-corrected chi connectivity index (χ2v) is 6.77. The number of amides is 4. The average Bonchev–Trinajstić information content (AvgIpc) is 2.93. The molecule has 1 aliphatic heterocycles. The topological polar surface area (TPSA) is 71.4 Å². The van der Waals surface area contributed by atoms with Gasteiger partial charge in [0.15, 0.2) is 0 Å². The smallest absolute Gasteiger partial charge is 0.318 e. The summed E-state index contributed by atoms with van der Waals surface area (Å²) >= 11 is 0. The van der Waals surface area contributed by atoms with Gasteiger partial charge >= 0.3 is 6.03 Å². The van der Waals surface area contributed by atoms with Gasteiger partial charge in [0.1, 0.15) is 11.4 Å². The molecule has 1 aromatic carbocycles. The molecule has 2 heterocycles. The third-order valence-electron chi connectivity index (χ3n) is 4.78. The summed E-state index contributed by atoms with van der Waals surface area (Å²) < 4.78 is 15.1. The van der Waals surface area contributed by atoms with E-state index in [0.717, 1.165) is 28.4 Å². The summed E-state index contributed by atoms with van der Waals surface area (Å²) in [7, 11) is 0. The van der Waals surface area contributed by atoms with Crippen LogP contribution in [0.5, 0.6) is 0 Å². The van der Waals surface area contributed by atoms with Crippen molar-refractivity contribution >= 4 is 23.9 Å². The van der Waals surface area contributed by atoms with Gasteiger partial charge in [0, 0.05) is 23.6 Å². The number of imide groups is 2. The Kier molecular flexibility index (Phi) is 5.44. The maximum atomic E-state index is 13.2. The lowest BCUT2D eigenvalue weighted by molar-refractivity contribution is -0.130. The largest absolute Gasteiger partial charge is 0.331 e. The number of barbiturate groups is 1. The van der Waals surface area contributed by atoms with Crippen LogP contribution in [0.2, 0.25) is 0 Å². The van der Waals surface area contributed by atoms with Crippen LogP contribution in [0.4, 0.5) is 9.18 Å². The minimum absolute atomic E-state index is 0.0740. The zero-order valence-corrected chi connectivity index (χ0v) is 16.1. The van der Waals surface area contributed by atoms with Crippen LogP contribution in [-0.2, 0) is 9.59 Å². The van der Waals surface area contributed by atoms with E-state index in [1.165, 1.54) is 18.2 Å². The molecule has 0 atom stereocenters. The first-order valence-electron chi connectivity index (χ1n) is 9.17. The van der Waals surface area contributed by atoms with Gasteiger partial charge in [0.2, 0.25) is 0 Å². The predicted molar refractivity (Wildman–Crippen MR) is 103 cm³/mol. The molecule has 3 rings (SSSR count). The van der Waals surface area contributed by atoms with Gasteiger partial charge in [-0.2, -0.15) is 0 Å². The molecule has 28 heavy (non-hydrogen) atoms. The van der Waals surface area contributed by atoms with Crippen molar-refractivity contribution in [3.05, 3.63) is 58.7 Å². The van der Waals surface area contributed by atoms with Crippen LogP contribution in [0.1, 0.15) is 36.7 Å². The third kappa shape index (κ3) is 3.60. The molecule has 1 aliphatic rings. The van der Waals surface area contributed by atoms with E-state index in [9.17, 15) is 18.8 Å². The van der Waals surface area contributed by atoms with Gasteiger partial charge < -0.3 is 4.57 Å². The van der Waals surface area contributed by atoms with E-state index < -0.39 is 17.8 Å². The van der Waals surface area contributed by atoms with Crippen LogP contribution in [0.3, 0.4) is 0 Å². The van der Waals surface area contributed by atoms with Crippen molar-refractivity contribution < 1.29 is 18.8 Å². The van der Waals surface area contributed by atoms with E-state index >= 15 is 0 Å². The second-order valence-electron chi connectivity index (χ2n) is 6.77. The normalized spacial score (nSPS) is 16.1. The number of carbonyl (C=O) groups is 3. The number of hydrogen-bond acceptors (Lipinski definition) is 3. The van der Waals surface area contributed by atoms with Crippen molar-refractivity contribution in [2.75, 3.05) is 6.54 Å². The predicted octanol–water partition coefficient (Wildman–Crippen LogP) is 3.50. The molecule has 6 nitrogen and oxygen atoms in total. The summed E-state index contributed by atoms with van der Waals surface area (Å²) in [6, 6.07) is 7.24. The average molecular weight is 383 g/mol. The van der Waals surface area contributed by atoms with E-state index in [0.29, 0.717) is 12.0 Å². The summed E-state index contributed by atoms with van der Waals surface area (Å²) in [4.78, 5) is 38.0. The zero-order valence-electron chi connectivity index (χ0n) is 16.1. The first-order valence-corrected chi connectivity index (χ1v) is 9.17. The molecule has 1 aromatic heterocycles. The van der Waals surface area contributed by atoms with Crippen LogP contribution >= 0.6 is 0 Å². The van der Waals surface area contributed by atoms with Crippen molar-refractivity contribution in [3.8, 4) is 5.69 Å². The maximum absolute atomic E-state index is 13.2. The molecule has 1 N–H and O–H groups in total. The lowest BCUT2D eigenvalue weighted by atomic mass is 10.1. The highest BCUT2D eigenvalue weighted by Crippen LogP contribution is 2.24. The quantitative estimate of drug-likeness (QED) is 0.635. The molecule has 0 bridgehead atoms. The Morgan fingerprint density at radius 3 is 2.43 bits per heavy atom. The molecule has 0 aliphatic carbocycles. The summed E-state index contributed by atoms with van der Waals surface area (Å²) in [5.41, 5.74) is 3.06. The summed E-state index contributed by atoms with van der Waals surface area (Å²) in [5, 5.41) is 2.23. The molecule has 4 amide bonds. The third-order valence-corrected chi connectivity index (χ3v) is 4.78. The van der Waals surface area contributed by atoms with Gasteiger partial charge in [-0.1, -0.05) is 13.3 Å². The summed E-state index contributed by atoms with van der Waals surface area (Å²) in [6.07, 6.45) is 2.99. The fourth-order valence-electron chi connectivity index (χ4n) is 3.29. The summed E-state index contributed by atoms with van der Waals surface area (Å²) in [5.74, 6) is -1.61. The maximum Gasteiger partial charge on any atom is 0.331 e. The Balaban J connectivity index is 1.99. The number of urea groups is 1. The van der Waals surface area contributed by atoms with E-state index in [1.807, 2.05) is 31.4 Å². The number of unbranched alkanes of at least 4 members (excludes halogenated alkanes) is 1. The zero-order chi connectivity index (χ0) is 20.4. The molecule has 1 saturated heterocycles. The Hall–Kier alpha value is -3.22. The van der Waals surface area contributed by atoms with Crippen LogP contribution in [0.15, 0.2) is 35.9 Å². The molecule has 0 saturated carbocycles. The first-order chi connectivity index (χ1) is 13.3. The van der Waals surface area contributed by atoms with Gasteiger partial charge in [-0.25, -0.2) is 9.18 Å². The fourth-order valence-corrected chi connectivity index (χ4v) is 3.29. The van der Waals surface area contributed by atoms with Crippen LogP contribution in [0, 0.1) is 19.7 Å². The highest BCUT2D eigenvalue weighted by molar-refractivity contribution is 6.31. The van der Waals surface area contributed by atoms with Crippen molar-refractivity contribution in [2.24, 2.45) is 0 Å². The molecule has 0 radical (unpaired) electrons.